The maximum atomic E-state index is 12.2. The summed E-state index contributed by atoms with van der Waals surface area (Å²) in [7, 11) is 1.78. The SMILES string of the molecule is Cc1csc(NC(=O)N(C)Cc2cccc3[nH]ccc23)n1. The van der Waals surface area contributed by atoms with Gasteiger partial charge in [0.2, 0.25) is 0 Å². The van der Waals surface area contributed by atoms with Crippen molar-refractivity contribution in [1.29, 1.82) is 0 Å². The van der Waals surface area contributed by atoms with Crippen molar-refractivity contribution in [2.75, 3.05) is 12.4 Å². The number of aryl methyl sites for hydroxylation is 1. The Morgan fingerprint density at radius 3 is 3.05 bits per heavy atom. The first-order valence-electron chi connectivity index (χ1n) is 6.63. The van der Waals surface area contributed by atoms with Gasteiger partial charge in [0.15, 0.2) is 5.13 Å². The number of urea groups is 1. The van der Waals surface area contributed by atoms with Crippen molar-refractivity contribution in [3.05, 3.63) is 47.1 Å². The summed E-state index contributed by atoms with van der Waals surface area (Å²) in [5.41, 5.74) is 3.11. The van der Waals surface area contributed by atoms with Crippen LogP contribution in [0.3, 0.4) is 0 Å². The van der Waals surface area contributed by atoms with Crippen LogP contribution in [0.1, 0.15) is 11.3 Å². The molecule has 3 rings (SSSR count). The van der Waals surface area contributed by atoms with E-state index in [1.165, 1.54) is 11.3 Å². The molecule has 0 aliphatic rings. The standard InChI is InChI=1S/C15H16N4OS/c1-10-9-21-14(17-10)18-15(20)19(2)8-11-4-3-5-13-12(11)6-7-16-13/h3-7,9,16H,8H2,1-2H3,(H,17,18,20). The highest BCUT2D eigenvalue weighted by atomic mass is 32.1. The second-order valence-corrected chi connectivity index (χ2v) is 5.79. The van der Waals surface area contributed by atoms with Gasteiger partial charge in [-0.25, -0.2) is 9.78 Å². The van der Waals surface area contributed by atoms with Gasteiger partial charge in [-0.05, 0) is 24.6 Å². The Kier molecular flexibility index (Phi) is 3.62. The summed E-state index contributed by atoms with van der Waals surface area (Å²) in [6.07, 6.45) is 1.91. The normalized spacial score (nSPS) is 10.8. The van der Waals surface area contributed by atoms with Gasteiger partial charge in [0.25, 0.3) is 0 Å². The average Bonchev–Trinajstić information content (AvgIpc) is 3.08. The number of aromatic amines is 1. The van der Waals surface area contributed by atoms with Crippen molar-refractivity contribution >= 4 is 33.4 Å². The van der Waals surface area contributed by atoms with Gasteiger partial charge in [0.05, 0.1) is 5.69 Å². The second kappa shape index (κ2) is 5.57. The number of nitrogens with one attached hydrogen (secondary N) is 2. The van der Waals surface area contributed by atoms with Crippen molar-refractivity contribution < 1.29 is 4.79 Å². The zero-order valence-electron chi connectivity index (χ0n) is 11.9. The molecule has 0 spiro atoms. The number of amides is 2. The van der Waals surface area contributed by atoms with Crippen molar-refractivity contribution in [3.63, 3.8) is 0 Å². The van der Waals surface area contributed by atoms with Crippen LogP contribution in [0.25, 0.3) is 10.9 Å². The van der Waals surface area contributed by atoms with E-state index in [1.54, 1.807) is 11.9 Å². The fraction of sp³-hybridized carbons (Fsp3) is 0.200. The molecule has 0 aliphatic carbocycles. The predicted molar refractivity (Wildman–Crippen MR) is 85.6 cm³/mol. The van der Waals surface area contributed by atoms with Crippen molar-refractivity contribution in [2.45, 2.75) is 13.5 Å². The lowest BCUT2D eigenvalue weighted by Crippen LogP contribution is -2.30. The van der Waals surface area contributed by atoms with Crippen molar-refractivity contribution in [1.82, 2.24) is 14.9 Å². The van der Waals surface area contributed by atoms with Gasteiger partial charge in [-0.3, -0.25) is 5.32 Å². The minimum Gasteiger partial charge on any atom is -0.361 e. The molecule has 0 unspecified atom stereocenters. The Bertz CT molecular complexity index is 777. The minimum absolute atomic E-state index is 0.156. The fourth-order valence-electron chi connectivity index (χ4n) is 2.21. The van der Waals surface area contributed by atoms with E-state index in [0.29, 0.717) is 11.7 Å². The monoisotopic (exact) mass is 300 g/mol. The van der Waals surface area contributed by atoms with E-state index in [4.69, 9.17) is 0 Å². The Hall–Kier alpha value is -2.34. The lowest BCUT2D eigenvalue weighted by molar-refractivity contribution is 0.221. The molecule has 0 bridgehead atoms. The summed E-state index contributed by atoms with van der Waals surface area (Å²) in [6.45, 7) is 2.45. The third-order valence-corrected chi connectivity index (χ3v) is 4.15. The summed E-state index contributed by atoms with van der Waals surface area (Å²) in [4.78, 5) is 21.2. The number of nitrogens with zero attached hydrogens (tertiary/aromatic N) is 2. The largest absolute Gasteiger partial charge is 0.361 e. The van der Waals surface area contributed by atoms with E-state index in [0.717, 1.165) is 22.2 Å². The first kappa shape index (κ1) is 13.6. The molecule has 0 saturated heterocycles. The topological polar surface area (TPSA) is 61.0 Å². The van der Waals surface area contributed by atoms with Gasteiger partial charge < -0.3 is 9.88 Å². The lowest BCUT2D eigenvalue weighted by atomic mass is 10.1. The summed E-state index contributed by atoms with van der Waals surface area (Å²) in [5.74, 6) is 0. The van der Waals surface area contributed by atoms with Gasteiger partial charge in [-0.2, -0.15) is 0 Å². The Balaban J connectivity index is 1.72. The highest BCUT2D eigenvalue weighted by molar-refractivity contribution is 7.13. The zero-order valence-corrected chi connectivity index (χ0v) is 12.7. The molecule has 0 saturated carbocycles. The zero-order chi connectivity index (χ0) is 14.8. The summed E-state index contributed by atoms with van der Waals surface area (Å²) < 4.78 is 0. The number of rotatable bonds is 3. The maximum Gasteiger partial charge on any atom is 0.323 e. The van der Waals surface area contributed by atoms with E-state index >= 15 is 0 Å². The van der Waals surface area contributed by atoms with Crippen LogP contribution >= 0.6 is 11.3 Å². The molecule has 6 heteroatoms. The molecule has 21 heavy (non-hydrogen) atoms. The molecule has 0 atom stereocenters. The molecule has 0 aliphatic heterocycles. The van der Waals surface area contributed by atoms with Crippen LogP contribution in [-0.4, -0.2) is 27.9 Å². The van der Waals surface area contributed by atoms with Crippen LogP contribution in [0, 0.1) is 6.92 Å². The molecule has 3 aromatic rings. The quantitative estimate of drug-likeness (QED) is 0.776. The van der Waals surface area contributed by atoms with E-state index in [2.05, 4.69) is 15.3 Å². The molecule has 2 heterocycles. The number of aromatic nitrogens is 2. The highest BCUT2D eigenvalue weighted by Crippen LogP contribution is 2.19. The molecule has 1 aromatic carbocycles. The van der Waals surface area contributed by atoms with Crippen LogP contribution < -0.4 is 5.32 Å². The van der Waals surface area contributed by atoms with E-state index in [-0.39, 0.29) is 6.03 Å². The van der Waals surface area contributed by atoms with Crippen LogP contribution in [-0.2, 0) is 6.54 Å². The Morgan fingerprint density at radius 1 is 1.43 bits per heavy atom. The number of carbonyl (C=O) groups excluding carboxylic acids is 1. The van der Waals surface area contributed by atoms with Crippen LogP contribution in [0.5, 0.6) is 0 Å². The van der Waals surface area contributed by atoms with E-state index < -0.39 is 0 Å². The van der Waals surface area contributed by atoms with Crippen LogP contribution in [0.15, 0.2) is 35.8 Å². The smallest absolute Gasteiger partial charge is 0.323 e. The number of thiazole rings is 1. The molecule has 2 amide bonds. The Morgan fingerprint density at radius 2 is 2.29 bits per heavy atom. The Labute approximate surface area is 126 Å². The minimum atomic E-state index is -0.156. The highest BCUT2D eigenvalue weighted by Gasteiger charge is 2.12. The van der Waals surface area contributed by atoms with E-state index in [1.807, 2.05) is 42.8 Å². The summed E-state index contributed by atoms with van der Waals surface area (Å²) in [5, 5.41) is 6.49. The van der Waals surface area contributed by atoms with Gasteiger partial charge >= 0.3 is 6.03 Å². The molecule has 0 radical (unpaired) electrons. The van der Waals surface area contributed by atoms with Gasteiger partial charge in [0.1, 0.15) is 0 Å². The molecular weight excluding hydrogens is 284 g/mol. The molecular formula is C15H16N4OS. The predicted octanol–water partition coefficient (Wildman–Crippen LogP) is 3.60. The van der Waals surface area contributed by atoms with Gasteiger partial charge in [-0.1, -0.05) is 12.1 Å². The number of benzene rings is 1. The fourth-order valence-corrected chi connectivity index (χ4v) is 2.89. The summed E-state index contributed by atoms with van der Waals surface area (Å²) in [6, 6.07) is 7.92. The van der Waals surface area contributed by atoms with Gasteiger partial charge in [0, 0.05) is 36.1 Å². The lowest BCUT2D eigenvalue weighted by Gasteiger charge is -2.17. The van der Waals surface area contributed by atoms with Crippen LogP contribution in [0.2, 0.25) is 0 Å². The van der Waals surface area contributed by atoms with Crippen LogP contribution in [0.4, 0.5) is 9.93 Å². The third-order valence-electron chi connectivity index (χ3n) is 3.27. The second-order valence-electron chi connectivity index (χ2n) is 4.94. The molecule has 0 fully saturated rings. The van der Waals surface area contributed by atoms with Gasteiger partial charge in [-0.15, -0.1) is 11.3 Å². The maximum absolute atomic E-state index is 12.2. The third kappa shape index (κ3) is 2.90. The van der Waals surface area contributed by atoms with Crippen molar-refractivity contribution in [3.8, 4) is 0 Å². The molecule has 108 valence electrons. The number of hydrogen-bond donors (Lipinski definition) is 2. The molecule has 2 N–H and O–H groups in total. The average molecular weight is 300 g/mol. The number of H-pyrrole nitrogens is 1. The van der Waals surface area contributed by atoms with Crippen molar-refractivity contribution in [2.24, 2.45) is 0 Å². The molecule has 2 aromatic heterocycles. The number of carbonyl (C=O) groups is 1. The number of fused-ring (bicyclic) bond motifs is 1. The first-order valence-corrected chi connectivity index (χ1v) is 7.50. The first-order chi connectivity index (χ1) is 10.1. The van der Waals surface area contributed by atoms with E-state index in [9.17, 15) is 4.79 Å². The summed E-state index contributed by atoms with van der Waals surface area (Å²) >= 11 is 1.43. The number of hydrogen-bond acceptors (Lipinski definition) is 3. The molecule has 5 nitrogen and oxygen atoms in total. The number of anilines is 1.